The number of aliphatic carboxylic acids is 1. The predicted molar refractivity (Wildman–Crippen MR) is 48.2 cm³/mol. The third kappa shape index (κ3) is 2.67. The van der Waals surface area contributed by atoms with Crippen LogP contribution in [0.15, 0.2) is 0 Å². The molecule has 1 aliphatic carbocycles. The van der Waals surface area contributed by atoms with Crippen LogP contribution in [0.4, 0.5) is 0 Å². The van der Waals surface area contributed by atoms with Crippen molar-refractivity contribution in [1.29, 1.82) is 0 Å². The number of hydrogen-bond donors (Lipinski definition) is 3. The van der Waals surface area contributed by atoms with Crippen molar-refractivity contribution in [2.24, 2.45) is 11.7 Å². The Morgan fingerprint density at radius 3 is 2.31 bits per heavy atom. The lowest BCUT2D eigenvalue weighted by Gasteiger charge is -2.28. The summed E-state index contributed by atoms with van der Waals surface area (Å²) in [5.74, 6) is -1.03. The maximum absolute atomic E-state index is 10.5. The standard InChI is InChI=1S/C9H17NO3/c10-7(9(12)13)8(11)6-4-2-1-3-5-6/h6-8,11H,1-5,10H2,(H,12,13)/t7-,8+/m1/s1. The monoisotopic (exact) mass is 187 g/mol. The Kier molecular flexibility index (Phi) is 3.69. The lowest BCUT2D eigenvalue weighted by molar-refractivity contribution is -0.142. The van der Waals surface area contributed by atoms with Gasteiger partial charge in [0.25, 0.3) is 0 Å². The van der Waals surface area contributed by atoms with Crippen LogP contribution < -0.4 is 5.73 Å². The molecule has 1 rings (SSSR count). The van der Waals surface area contributed by atoms with Crippen molar-refractivity contribution in [1.82, 2.24) is 0 Å². The first-order valence-corrected chi connectivity index (χ1v) is 4.79. The minimum Gasteiger partial charge on any atom is -0.480 e. The molecule has 0 spiro atoms. The minimum atomic E-state index is -1.12. The molecule has 0 aliphatic heterocycles. The summed E-state index contributed by atoms with van der Waals surface area (Å²) in [6.07, 6.45) is 4.27. The van der Waals surface area contributed by atoms with Gasteiger partial charge in [0.05, 0.1) is 6.10 Å². The van der Waals surface area contributed by atoms with Crippen molar-refractivity contribution in [2.45, 2.75) is 44.2 Å². The molecule has 1 fully saturated rings. The maximum atomic E-state index is 10.5. The summed E-state index contributed by atoms with van der Waals surface area (Å²) in [4.78, 5) is 10.5. The third-order valence-corrected chi connectivity index (χ3v) is 2.79. The summed E-state index contributed by atoms with van der Waals surface area (Å²) >= 11 is 0. The van der Waals surface area contributed by atoms with E-state index < -0.39 is 18.1 Å². The molecule has 0 heterocycles. The molecule has 0 saturated heterocycles. The Labute approximate surface area is 77.7 Å². The summed E-state index contributed by atoms with van der Waals surface area (Å²) in [6.45, 7) is 0. The fourth-order valence-corrected chi connectivity index (χ4v) is 1.91. The number of carboxylic acid groups (broad SMARTS) is 1. The quantitative estimate of drug-likeness (QED) is 0.595. The topological polar surface area (TPSA) is 83.6 Å². The molecule has 76 valence electrons. The molecule has 0 amide bonds. The number of carbonyl (C=O) groups is 1. The molecule has 1 aliphatic rings. The van der Waals surface area contributed by atoms with Crippen LogP contribution in [0, 0.1) is 5.92 Å². The highest BCUT2D eigenvalue weighted by Crippen LogP contribution is 2.27. The predicted octanol–water partition coefficient (Wildman–Crippen LogP) is 0.339. The van der Waals surface area contributed by atoms with Gasteiger partial charge < -0.3 is 15.9 Å². The molecule has 1 saturated carbocycles. The van der Waals surface area contributed by atoms with E-state index in [9.17, 15) is 9.90 Å². The zero-order valence-corrected chi connectivity index (χ0v) is 7.65. The van der Waals surface area contributed by atoms with Gasteiger partial charge in [-0.1, -0.05) is 19.3 Å². The van der Waals surface area contributed by atoms with E-state index in [-0.39, 0.29) is 5.92 Å². The van der Waals surface area contributed by atoms with Crippen LogP contribution in [-0.2, 0) is 4.79 Å². The van der Waals surface area contributed by atoms with Gasteiger partial charge in [0.2, 0.25) is 0 Å². The van der Waals surface area contributed by atoms with E-state index in [0.717, 1.165) is 25.7 Å². The van der Waals surface area contributed by atoms with Gasteiger partial charge in [-0.15, -0.1) is 0 Å². The second-order valence-electron chi connectivity index (χ2n) is 3.75. The lowest BCUT2D eigenvalue weighted by atomic mass is 9.83. The number of carboxylic acids is 1. The van der Waals surface area contributed by atoms with Crippen molar-refractivity contribution in [3.63, 3.8) is 0 Å². The van der Waals surface area contributed by atoms with E-state index in [2.05, 4.69) is 0 Å². The van der Waals surface area contributed by atoms with Crippen LogP contribution in [0.3, 0.4) is 0 Å². The molecule has 0 aromatic heterocycles. The van der Waals surface area contributed by atoms with Crippen LogP contribution >= 0.6 is 0 Å². The summed E-state index contributed by atoms with van der Waals surface area (Å²) in [5, 5.41) is 18.2. The second-order valence-corrected chi connectivity index (χ2v) is 3.75. The second kappa shape index (κ2) is 4.58. The van der Waals surface area contributed by atoms with Crippen molar-refractivity contribution < 1.29 is 15.0 Å². The number of hydrogen-bond acceptors (Lipinski definition) is 3. The van der Waals surface area contributed by atoms with Gasteiger partial charge in [0.15, 0.2) is 0 Å². The molecule has 2 atom stereocenters. The molecule has 0 aromatic rings. The average molecular weight is 187 g/mol. The van der Waals surface area contributed by atoms with Gasteiger partial charge in [-0.25, -0.2) is 0 Å². The van der Waals surface area contributed by atoms with Crippen molar-refractivity contribution in [2.75, 3.05) is 0 Å². The zero-order chi connectivity index (χ0) is 9.84. The van der Waals surface area contributed by atoms with Crippen LogP contribution in [0.1, 0.15) is 32.1 Å². The first kappa shape index (κ1) is 10.5. The first-order valence-electron chi connectivity index (χ1n) is 4.79. The van der Waals surface area contributed by atoms with Crippen molar-refractivity contribution >= 4 is 5.97 Å². The van der Waals surface area contributed by atoms with E-state index in [0.29, 0.717) is 0 Å². The van der Waals surface area contributed by atoms with E-state index in [1.807, 2.05) is 0 Å². The molecule has 4 heteroatoms. The average Bonchev–Trinajstić information content (AvgIpc) is 2.17. The summed E-state index contributed by atoms with van der Waals surface area (Å²) in [5.41, 5.74) is 5.34. The molecule has 4 N–H and O–H groups in total. The number of rotatable bonds is 3. The third-order valence-electron chi connectivity index (χ3n) is 2.79. The fourth-order valence-electron chi connectivity index (χ4n) is 1.91. The van der Waals surface area contributed by atoms with Crippen LogP contribution in [-0.4, -0.2) is 28.3 Å². The normalized spacial score (nSPS) is 23.8. The largest absolute Gasteiger partial charge is 0.480 e. The number of aliphatic hydroxyl groups is 1. The Bertz CT molecular complexity index is 178. The molecule has 0 bridgehead atoms. The smallest absolute Gasteiger partial charge is 0.323 e. The fraction of sp³-hybridized carbons (Fsp3) is 0.889. The van der Waals surface area contributed by atoms with Gasteiger partial charge in [-0.3, -0.25) is 4.79 Å². The highest BCUT2D eigenvalue weighted by atomic mass is 16.4. The van der Waals surface area contributed by atoms with Gasteiger partial charge >= 0.3 is 5.97 Å². The van der Waals surface area contributed by atoms with Crippen LogP contribution in [0.2, 0.25) is 0 Å². The molecule has 0 unspecified atom stereocenters. The van der Waals surface area contributed by atoms with Gasteiger partial charge in [-0.2, -0.15) is 0 Å². The summed E-state index contributed by atoms with van der Waals surface area (Å²) in [7, 11) is 0. The molecule has 0 aromatic carbocycles. The Hall–Kier alpha value is -0.610. The van der Waals surface area contributed by atoms with E-state index in [4.69, 9.17) is 10.8 Å². The summed E-state index contributed by atoms with van der Waals surface area (Å²) in [6, 6.07) is -1.12. The maximum Gasteiger partial charge on any atom is 0.323 e. The molecular weight excluding hydrogens is 170 g/mol. The molecule has 4 nitrogen and oxygen atoms in total. The summed E-state index contributed by atoms with van der Waals surface area (Å²) < 4.78 is 0. The van der Waals surface area contributed by atoms with E-state index >= 15 is 0 Å². The number of nitrogens with two attached hydrogens (primary N) is 1. The Morgan fingerprint density at radius 1 is 1.31 bits per heavy atom. The Morgan fingerprint density at radius 2 is 1.85 bits per heavy atom. The molecule has 13 heavy (non-hydrogen) atoms. The van der Waals surface area contributed by atoms with E-state index in [1.165, 1.54) is 6.42 Å². The first-order chi connectivity index (χ1) is 6.13. The van der Waals surface area contributed by atoms with Gasteiger partial charge in [-0.05, 0) is 18.8 Å². The highest BCUT2D eigenvalue weighted by Gasteiger charge is 2.30. The zero-order valence-electron chi connectivity index (χ0n) is 7.65. The molecule has 0 radical (unpaired) electrons. The van der Waals surface area contributed by atoms with Crippen molar-refractivity contribution in [3.8, 4) is 0 Å². The van der Waals surface area contributed by atoms with Gasteiger partial charge in [0, 0.05) is 0 Å². The Balaban J connectivity index is 2.44. The molecular formula is C9H17NO3. The van der Waals surface area contributed by atoms with Crippen LogP contribution in [0.25, 0.3) is 0 Å². The number of aliphatic hydroxyl groups excluding tert-OH is 1. The highest BCUT2D eigenvalue weighted by molar-refractivity contribution is 5.73. The van der Waals surface area contributed by atoms with Crippen LogP contribution in [0.5, 0.6) is 0 Å². The van der Waals surface area contributed by atoms with E-state index in [1.54, 1.807) is 0 Å². The minimum absolute atomic E-state index is 0.0832. The van der Waals surface area contributed by atoms with Gasteiger partial charge in [0.1, 0.15) is 6.04 Å². The SMILES string of the molecule is N[C@@H](C(=O)O)[C@@H](O)C1CCCCC1. The lowest BCUT2D eigenvalue weighted by Crippen LogP contribution is -2.46. The van der Waals surface area contributed by atoms with Crippen molar-refractivity contribution in [3.05, 3.63) is 0 Å².